The molecule has 10 rings (SSSR count). The third kappa shape index (κ3) is 6.37. The molecule has 0 unspecified atom stereocenters. The Bertz CT molecular complexity index is 2560. The molecule has 380 valence electrons. The molecule has 0 aromatic carbocycles. The van der Waals surface area contributed by atoms with Crippen LogP contribution < -0.4 is 0 Å². The molecule has 2 aromatic rings. The van der Waals surface area contributed by atoms with Crippen molar-refractivity contribution >= 4 is 57.3 Å². The molecule has 0 amide bonds. The van der Waals surface area contributed by atoms with E-state index < -0.39 is 164 Å². The number of alkyl halides is 4. The summed E-state index contributed by atoms with van der Waals surface area (Å²) >= 11 is 1.22. The first-order valence-electron chi connectivity index (χ1n) is 24.1. The van der Waals surface area contributed by atoms with E-state index in [1.54, 1.807) is 27.7 Å². The number of rotatable bonds is 8. The van der Waals surface area contributed by atoms with Gasteiger partial charge in [0.15, 0.2) is 34.1 Å². The first-order valence-corrected chi connectivity index (χ1v) is 26.1. The first-order chi connectivity index (χ1) is 33.3. The van der Waals surface area contributed by atoms with Crippen molar-refractivity contribution in [1.29, 1.82) is 0 Å². The van der Waals surface area contributed by atoms with Gasteiger partial charge in [0.1, 0.15) is 12.3 Å². The van der Waals surface area contributed by atoms with Gasteiger partial charge >= 0.3 is 11.9 Å². The highest BCUT2D eigenvalue weighted by Crippen LogP contribution is 2.74. The normalized spacial score (nSPS) is 46.1. The summed E-state index contributed by atoms with van der Waals surface area (Å²) in [5.41, 5.74) is -16.0. The Balaban J connectivity index is 0.987. The number of esters is 2. The van der Waals surface area contributed by atoms with E-state index >= 15 is 27.2 Å². The van der Waals surface area contributed by atoms with Crippen LogP contribution in [0, 0.1) is 57.2 Å². The molecular formula is C53H56F4O12S2. The van der Waals surface area contributed by atoms with Gasteiger partial charge < -0.3 is 28.5 Å². The molecule has 6 saturated carbocycles. The fourth-order valence-corrected chi connectivity index (χ4v) is 18.4. The maximum Gasteiger partial charge on any atom is 0.375 e. The number of ether oxygens (including phenoxy) is 2. The van der Waals surface area contributed by atoms with E-state index in [0.29, 0.717) is 23.5 Å². The van der Waals surface area contributed by atoms with Gasteiger partial charge in [-0.2, -0.15) is 0 Å². The van der Waals surface area contributed by atoms with Crippen molar-refractivity contribution in [2.24, 2.45) is 57.2 Å². The van der Waals surface area contributed by atoms with E-state index in [1.807, 2.05) is 0 Å². The zero-order chi connectivity index (χ0) is 51.2. The van der Waals surface area contributed by atoms with Crippen LogP contribution >= 0.6 is 23.5 Å². The van der Waals surface area contributed by atoms with Crippen molar-refractivity contribution in [2.45, 2.75) is 127 Å². The minimum absolute atomic E-state index is 0.0542. The predicted octanol–water partition coefficient (Wildman–Crippen LogP) is 8.97. The molecule has 2 heterocycles. The quantitative estimate of drug-likeness (QED) is 0.145. The number of furan rings is 2. The van der Waals surface area contributed by atoms with E-state index in [9.17, 15) is 29.4 Å². The van der Waals surface area contributed by atoms with Gasteiger partial charge in [-0.15, -0.1) is 0 Å². The molecule has 0 radical (unpaired) electrons. The highest BCUT2D eigenvalue weighted by molar-refractivity contribution is 8.29. The fourth-order valence-electron chi connectivity index (χ4n) is 16.0. The highest BCUT2D eigenvalue weighted by atomic mass is 32.2. The number of hydrogen-bond donors (Lipinski definition) is 2. The number of carbonyl (C=O) groups is 6. The second kappa shape index (κ2) is 16.5. The molecule has 2 aromatic heterocycles. The lowest BCUT2D eigenvalue weighted by molar-refractivity contribution is -0.221. The van der Waals surface area contributed by atoms with Gasteiger partial charge in [0.25, 0.3) is 0 Å². The number of allylic oxidation sites excluding steroid dienone is 8. The van der Waals surface area contributed by atoms with Crippen molar-refractivity contribution < 1.29 is 74.8 Å². The Labute approximate surface area is 415 Å². The summed E-state index contributed by atoms with van der Waals surface area (Å²) in [5.74, 6) is -9.49. The molecule has 8 aliphatic rings. The maximum atomic E-state index is 18.2. The third-order valence-corrected chi connectivity index (χ3v) is 21.3. The van der Waals surface area contributed by atoms with E-state index in [-0.39, 0.29) is 40.6 Å². The van der Waals surface area contributed by atoms with Gasteiger partial charge in [-0.1, -0.05) is 63.4 Å². The molecule has 18 heteroatoms. The van der Waals surface area contributed by atoms with Gasteiger partial charge in [0.05, 0.1) is 29.8 Å². The zero-order valence-electron chi connectivity index (χ0n) is 40.0. The van der Waals surface area contributed by atoms with Crippen LogP contribution in [0.25, 0.3) is 0 Å². The Hall–Kier alpha value is -4.52. The lowest BCUT2D eigenvalue weighted by Crippen LogP contribution is -2.70. The number of fused-ring (bicyclic) bond motifs is 10. The largest absolute Gasteiger partial charge is 0.457 e. The molecule has 0 aliphatic heterocycles. The van der Waals surface area contributed by atoms with Crippen molar-refractivity contribution in [3.63, 3.8) is 0 Å². The second-order valence-corrected chi connectivity index (χ2v) is 24.4. The monoisotopic (exact) mass is 1020 g/mol. The molecule has 0 spiro atoms. The first kappa shape index (κ1) is 50.0. The van der Waals surface area contributed by atoms with Gasteiger partial charge in [-0.3, -0.25) is 19.2 Å². The summed E-state index contributed by atoms with van der Waals surface area (Å²) < 4.78 is 92.6. The van der Waals surface area contributed by atoms with Gasteiger partial charge in [-0.05, 0) is 124 Å². The summed E-state index contributed by atoms with van der Waals surface area (Å²) in [6.45, 7) is 9.46. The van der Waals surface area contributed by atoms with Crippen molar-refractivity contribution in [2.75, 3.05) is 5.08 Å². The summed E-state index contributed by atoms with van der Waals surface area (Å²) in [4.78, 5) is 83.7. The molecule has 18 atom stereocenters. The average Bonchev–Trinajstić information content (AvgIpc) is 4.13. The van der Waals surface area contributed by atoms with Crippen molar-refractivity contribution in [1.82, 2.24) is 0 Å². The molecule has 2 N–H and O–H groups in total. The second-order valence-electron chi connectivity index (χ2n) is 22.2. The van der Waals surface area contributed by atoms with Crippen molar-refractivity contribution in [3.05, 3.63) is 95.9 Å². The SMILES string of the molecule is C[C@@H]1C[C@H]2[C@@H]3C[C@H](F)C4=CC(=O)C=C[C@]4(C)[C@@]3(F)[C@@H](O)C[C@]2(C)[C@@]1(OC(=O)c1ccco1)C(=O)SCSC(=O)[C@@]1(OC(=O)c2ccco2)[C@H](C)C[C@H]2[C@@H]3C[C@H](F)C4=CC(=O)C=C[C@]4(C)[C@@]3(F)[C@@H](O)C[C@@]21C. The number of carbonyl (C=O) groups excluding carboxylic acids is 6. The number of aliphatic hydroxyl groups excluding tert-OH is 2. The van der Waals surface area contributed by atoms with Gasteiger partial charge in [0.2, 0.25) is 21.8 Å². The summed E-state index contributed by atoms with van der Waals surface area (Å²) in [5, 5.41) is 22.4. The predicted molar refractivity (Wildman–Crippen MR) is 250 cm³/mol. The molecule has 71 heavy (non-hydrogen) atoms. The number of ketones is 2. The number of halogens is 4. The standard InChI is InChI=1S/C53H56F4O12S2/c1-26-17-30-32-21-36(54)34-19-28(58)11-13-46(34,3)50(32,56)40(60)23-48(30,5)52(26,68-42(62)38-9-7-15-66-38)44(64)70-25-71-45(65)53(69-43(63)39-10-8-16-67-39)27(2)18-31-33-22-37(55)35-20-29(59)12-14-47(35,4)51(33,57)41(61)24-49(31,53)6/h7-16,19-20,26-27,30-33,36-37,40-41,60-61H,17-18,21-25H2,1-6H3/t26-,27-,30+,31+,32+,33+,36+,37+,40+,41+,46+,47+,48+,49+,50+,51+,52+,53+/m1/s1. The van der Waals surface area contributed by atoms with Crippen LogP contribution in [-0.4, -0.2) is 96.1 Å². The summed E-state index contributed by atoms with van der Waals surface area (Å²) in [6, 6.07) is 5.56. The molecule has 0 saturated heterocycles. The summed E-state index contributed by atoms with van der Waals surface area (Å²) in [7, 11) is 0. The van der Waals surface area contributed by atoms with Crippen LogP contribution in [0.1, 0.15) is 101 Å². The van der Waals surface area contributed by atoms with Crippen LogP contribution in [0.4, 0.5) is 17.6 Å². The fraction of sp³-hybridized carbons (Fsp3) is 0.585. The van der Waals surface area contributed by atoms with Crippen LogP contribution in [0.5, 0.6) is 0 Å². The number of hydrogen-bond acceptors (Lipinski definition) is 14. The summed E-state index contributed by atoms with van der Waals surface area (Å²) in [6.07, 6.45) is 0.730. The highest BCUT2D eigenvalue weighted by Gasteiger charge is 2.80. The minimum atomic E-state index is -2.50. The number of aliphatic hydroxyl groups is 2. The minimum Gasteiger partial charge on any atom is -0.457 e. The molecule has 6 fully saturated rings. The van der Waals surface area contributed by atoms with Crippen LogP contribution in [0.3, 0.4) is 0 Å². The van der Waals surface area contributed by atoms with Crippen LogP contribution in [-0.2, 0) is 28.7 Å². The van der Waals surface area contributed by atoms with Gasteiger partial charge in [-0.25, -0.2) is 27.2 Å². The average molecular weight is 1030 g/mol. The smallest absolute Gasteiger partial charge is 0.375 e. The Kier molecular flexibility index (Phi) is 11.6. The van der Waals surface area contributed by atoms with Crippen LogP contribution in [0.15, 0.2) is 93.2 Å². The lowest BCUT2D eigenvalue weighted by atomic mass is 9.44. The van der Waals surface area contributed by atoms with E-state index in [2.05, 4.69) is 0 Å². The Morgan fingerprint density at radius 2 is 1.03 bits per heavy atom. The topological polar surface area (TPSA) is 188 Å². The van der Waals surface area contributed by atoms with Gasteiger partial charge in [0, 0.05) is 45.3 Å². The lowest BCUT2D eigenvalue weighted by Gasteiger charge is -2.63. The van der Waals surface area contributed by atoms with Crippen LogP contribution in [0.2, 0.25) is 0 Å². The zero-order valence-corrected chi connectivity index (χ0v) is 41.6. The molecule has 8 aliphatic carbocycles. The van der Waals surface area contributed by atoms with E-state index in [0.717, 1.165) is 24.3 Å². The third-order valence-electron chi connectivity index (χ3n) is 19.3. The molecule has 0 bridgehead atoms. The molecular weight excluding hydrogens is 969 g/mol. The Morgan fingerprint density at radius 3 is 1.38 bits per heavy atom. The van der Waals surface area contributed by atoms with E-state index in [1.165, 1.54) is 62.8 Å². The van der Waals surface area contributed by atoms with E-state index in [4.69, 9.17) is 18.3 Å². The Morgan fingerprint density at radius 1 is 0.648 bits per heavy atom. The number of thioether (sulfide) groups is 2. The molecule has 12 nitrogen and oxygen atoms in total. The maximum absolute atomic E-state index is 18.2. The van der Waals surface area contributed by atoms with Crippen molar-refractivity contribution in [3.8, 4) is 0 Å².